The fourth-order valence-corrected chi connectivity index (χ4v) is 2.39. The minimum atomic E-state index is -0.523. The summed E-state index contributed by atoms with van der Waals surface area (Å²) in [5.74, 6) is 0.323. The second kappa shape index (κ2) is 7.79. The number of ether oxygens (including phenoxy) is 1. The number of nitrogens with one attached hydrogen (secondary N) is 2. The molecule has 1 aromatic rings. The standard InChI is InChI=1S/C16H23N3O3/c1-13(16(21)19-10-8-18(2)9-11-19)17-15(20)12-22-14-6-4-3-5-7-14/h3-7,13H,8-12H2,1-2H3,(H,17,20)/p+1/t13-/m1/s1. The zero-order chi connectivity index (χ0) is 15.9. The molecule has 0 unspecified atom stereocenters. The Morgan fingerprint density at radius 3 is 2.55 bits per heavy atom. The number of amides is 2. The van der Waals surface area contributed by atoms with Gasteiger partial charge in [0.1, 0.15) is 11.8 Å². The highest BCUT2D eigenvalue weighted by molar-refractivity contribution is 5.87. The van der Waals surface area contributed by atoms with Crippen LogP contribution in [0, 0.1) is 0 Å². The minimum absolute atomic E-state index is 0.0273. The van der Waals surface area contributed by atoms with Crippen LogP contribution in [0.4, 0.5) is 0 Å². The van der Waals surface area contributed by atoms with E-state index in [1.54, 1.807) is 19.1 Å². The van der Waals surface area contributed by atoms with Crippen molar-refractivity contribution in [3.8, 4) is 5.75 Å². The van der Waals surface area contributed by atoms with Crippen LogP contribution in [0.1, 0.15) is 6.92 Å². The molecule has 1 aromatic carbocycles. The number of para-hydroxylation sites is 1. The first-order valence-corrected chi connectivity index (χ1v) is 7.63. The molecular formula is C16H24N3O3+. The van der Waals surface area contributed by atoms with Crippen LogP contribution in [0.5, 0.6) is 5.75 Å². The average molecular weight is 306 g/mol. The predicted octanol–water partition coefficient (Wildman–Crippen LogP) is -1.07. The van der Waals surface area contributed by atoms with E-state index in [-0.39, 0.29) is 18.4 Å². The third-order valence-corrected chi connectivity index (χ3v) is 3.79. The molecule has 1 aliphatic rings. The molecule has 0 radical (unpaired) electrons. The molecule has 1 aliphatic heterocycles. The lowest BCUT2D eigenvalue weighted by molar-refractivity contribution is -0.883. The summed E-state index contributed by atoms with van der Waals surface area (Å²) in [5, 5.41) is 2.70. The van der Waals surface area contributed by atoms with Crippen molar-refractivity contribution in [1.82, 2.24) is 10.2 Å². The maximum Gasteiger partial charge on any atom is 0.258 e. The summed E-state index contributed by atoms with van der Waals surface area (Å²) in [6, 6.07) is 8.61. The van der Waals surface area contributed by atoms with Crippen molar-refractivity contribution in [3.05, 3.63) is 30.3 Å². The predicted molar refractivity (Wildman–Crippen MR) is 82.7 cm³/mol. The Balaban J connectivity index is 1.74. The first-order chi connectivity index (χ1) is 10.6. The van der Waals surface area contributed by atoms with E-state index in [1.807, 2.05) is 23.1 Å². The molecule has 120 valence electrons. The Bertz CT molecular complexity index is 499. The molecule has 2 rings (SSSR count). The summed E-state index contributed by atoms with van der Waals surface area (Å²) in [4.78, 5) is 27.4. The van der Waals surface area contributed by atoms with E-state index < -0.39 is 6.04 Å². The van der Waals surface area contributed by atoms with Gasteiger partial charge in [0.15, 0.2) is 6.61 Å². The molecule has 1 saturated heterocycles. The molecule has 0 spiro atoms. The van der Waals surface area contributed by atoms with Crippen molar-refractivity contribution in [1.29, 1.82) is 0 Å². The van der Waals surface area contributed by atoms with E-state index in [1.165, 1.54) is 4.90 Å². The van der Waals surface area contributed by atoms with E-state index in [2.05, 4.69) is 12.4 Å². The molecule has 1 fully saturated rings. The van der Waals surface area contributed by atoms with Crippen molar-refractivity contribution in [2.24, 2.45) is 0 Å². The Hall–Kier alpha value is -2.08. The molecule has 0 aliphatic carbocycles. The molecule has 0 bridgehead atoms. The van der Waals surface area contributed by atoms with Crippen LogP contribution in [-0.2, 0) is 9.59 Å². The number of hydrogen-bond acceptors (Lipinski definition) is 3. The van der Waals surface area contributed by atoms with Crippen LogP contribution in [0.2, 0.25) is 0 Å². The van der Waals surface area contributed by atoms with Gasteiger partial charge in [-0.1, -0.05) is 18.2 Å². The third-order valence-electron chi connectivity index (χ3n) is 3.79. The number of likely N-dealkylation sites (N-methyl/N-ethyl adjacent to an activating group) is 1. The van der Waals surface area contributed by atoms with Crippen molar-refractivity contribution in [2.45, 2.75) is 13.0 Å². The Morgan fingerprint density at radius 1 is 1.27 bits per heavy atom. The number of benzene rings is 1. The Morgan fingerprint density at radius 2 is 1.91 bits per heavy atom. The molecule has 2 amide bonds. The number of hydrogen-bond donors (Lipinski definition) is 2. The van der Waals surface area contributed by atoms with Crippen molar-refractivity contribution in [3.63, 3.8) is 0 Å². The molecule has 1 atom stereocenters. The molecule has 6 nitrogen and oxygen atoms in total. The summed E-state index contributed by atoms with van der Waals surface area (Å²) in [6.45, 7) is 5.01. The summed E-state index contributed by atoms with van der Waals surface area (Å²) >= 11 is 0. The SMILES string of the molecule is C[C@@H](NC(=O)COc1ccccc1)C(=O)N1CC[NH+](C)CC1. The topological polar surface area (TPSA) is 63.1 Å². The van der Waals surface area contributed by atoms with E-state index in [9.17, 15) is 9.59 Å². The molecule has 0 aromatic heterocycles. The zero-order valence-corrected chi connectivity index (χ0v) is 13.2. The normalized spacial score (nSPS) is 16.9. The van der Waals surface area contributed by atoms with Gasteiger partial charge in [-0.05, 0) is 19.1 Å². The number of piperazine rings is 1. The summed E-state index contributed by atoms with van der Waals surface area (Å²) in [7, 11) is 2.12. The van der Waals surface area contributed by atoms with Gasteiger partial charge in [0.25, 0.3) is 5.91 Å². The van der Waals surface area contributed by atoms with Gasteiger partial charge >= 0.3 is 0 Å². The largest absolute Gasteiger partial charge is 0.484 e. The average Bonchev–Trinajstić information content (AvgIpc) is 2.54. The second-order valence-corrected chi connectivity index (χ2v) is 5.67. The Kier molecular flexibility index (Phi) is 5.77. The van der Waals surface area contributed by atoms with Crippen molar-refractivity contribution in [2.75, 3.05) is 39.8 Å². The quantitative estimate of drug-likeness (QED) is 0.728. The monoisotopic (exact) mass is 306 g/mol. The van der Waals surface area contributed by atoms with Gasteiger partial charge in [-0.3, -0.25) is 9.59 Å². The highest BCUT2D eigenvalue weighted by Gasteiger charge is 2.26. The second-order valence-electron chi connectivity index (χ2n) is 5.67. The molecule has 0 saturated carbocycles. The van der Waals surface area contributed by atoms with E-state index in [0.717, 1.165) is 26.2 Å². The number of rotatable bonds is 5. The van der Waals surface area contributed by atoms with Crippen molar-refractivity contribution >= 4 is 11.8 Å². The molecule has 2 N–H and O–H groups in total. The lowest BCUT2D eigenvalue weighted by Gasteiger charge is -2.31. The molecule has 22 heavy (non-hydrogen) atoms. The lowest BCUT2D eigenvalue weighted by Crippen LogP contribution is -3.12. The van der Waals surface area contributed by atoms with Gasteiger partial charge in [-0.25, -0.2) is 0 Å². The lowest BCUT2D eigenvalue weighted by atomic mass is 10.2. The third kappa shape index (κ3) is 4.73. The highest BCUT2D eigenvalue weighted by Crippen LogP contribution is 2.07. The molecule has 1 heterocycles. The summed E-state index contributed by atoms with van der Waals surface area (Å²) in [6.07, 6.45) is 0. The number of carbonyl (C=O) groups is 2. The van der Waals surface area contributed by atoms with E-state index >= 15 is 0 Å². The maximum absolute atomic E-state index is 12.3. The van der Waals surface area contributed by atoms with Crippen molar-refractivity contribution < 1.29 is 19.2 Å². The van der Waals surface area contributed by atoms with E-state index in [0.29, 0.717) is 5.75 Å². The van der Waals surface area contributed by atoms with Crippen LogP contribution in [0.25, 0.3) is 0 Å². The summed E-state index contributed by atoms with van der Waals surface area (Å²) < 4.78 is 5.37. The highest BCUT2D eigenvalue weighted by atomic mass is 16.5. The van der Waals surface area contributed by atoms with Crippen LogP contribution in [-0.4, -0.2) is 62.6 Å². The molecule has 6 heteroatoms. The van der Waals surface area contributed by atoms with Gasteiger partial charge in [0.2, 0.25) is 5.91 Å². The molecular weight excluding hydrogens is 282 g/mol. The van der Waals surface area contributed by atoms with Gasteiger partial charge in [-0.2, -0.15) is 0 Å². The van der Waals surface area contributed by atoms with E-state index in [4.69, 9.17) is 4.74 Å². The van der Waals surface area contributed by atoms with Crippen LogP contribution < -0.4 is 15.0 Å². The number of quaternary nitrogens is 1. The number of carbonyl (C=O) groups excluding carboxylic acids is 2. The van der Waals surface area contributed by atoms with Crippen LogP contribution >= 0.6 is 0 Å². The first kappa shape index (κ1) is 16.3. The minimum Gasteiger partial charge on any atom is -0.484 e. The maximum atomic E-state index is 12.3. The zero-order valence-electron chi connectivity index (χ0n) is 13.2. The van der Waals surface area contributed by atoms with Gasteiger partial charge in [0, 0.05) is 0 Å². The van der Waals surface area contributed by atoms with Gasteiger partial charge in [-0.15, -0.1) is 0 Å². The number of nitrogens with zero attached hydrogens (tertiary/aromatic N) is 1. The fraction of sp³-hybridized carbons (Fsp3) is 0.500. The Labute approximate surface area is 131 Å². The van der Waals surface area contributed by atoms with Crippen LogP contribution in [0.3, 0.4) is 0 Å². The smallest absolute Gasteiger partial charge is 0.258 e. The van der Waals surface area contributed by atoms with Gasteiger partial charge in [0.05, 0.1) is 33.2 Å². The first-order valence-electron chi connectivity index (χ1n) is 7.63. The summed E-state index contributed by atoms with van der Waals surface area (Å²) in [5.41, 5.74) is 0. The van der Waals surface area contributed by atoms with Gasteiger partial charge < -0.3 is 19.9 Å². The van der Waals surface area contributed by atoms with Crippen LogP contribution in [0.15, 0.2) is 30.3 Å². The fourth-order valence-electron chi connectivity index (χ4n) is 2.39.